The predicted octanol–water partition coefficient (Wildman–Crippen LogP) is -2.13. The maximum absolute atomic E-state index is 11.4. The maximum atomic E-state index is 11.4. The van der Waals surface area contributed by atoms with Crippen LogP contribution in [0.25, 0.3) is 0 Å². The Labute approximate surface area is 135 Å². The molecule has 11 nitrogen and oxygen atoms in total. The highest BCUT2D eigenvalue weighted by Crippen LogP contribution is 2.28. The molecule has 0 bridgehead atoms. The van der Waals surface area contributed by atoms with Crippen LogP contribution in [0.15, 0.2) is 18.2 Å². The summed E-state index contributed by atoms with van der Waals surface area (Å²) in [6.07, 6.45) is -7.68. The molecule has 1 aromatic rings. The molecule has 1 aliphatic heterocycles. The van der Waals surface area contributed by atoms with Crippen LogP contribution in [0.5, 0.6) is 5.75 Å². The first-order chi connectivity index (χ1) is 11.3. The van der Waals surface area contributed by atoms with Gasteiger partial charge in [-0.15, -0.1) is 0 Å². The van der Waals surface area contributed by atoms with E-state index in [4.69, 9.17) is 20.3 Å². The molecule has 1 amide bonds. The van der Waals surface area contributed by atoms with E-state index in [2.05, 4.69) is 0 Å². The van der Waals surface area contributed by atoms with E-state index in [-0.39, 0.29) is 11.3 Å². The van der Waals surface area contributed by atoms with Gasteiger partial charge >= 0.3 is 0 Å². The minimum Gasteiger partial charge on any atom is -0.461 e. The molecule has 2 rings (SSSR count). The number of aliphatic hydroxyl groups is 4. The van der Waals surface area contributed by atoms with Gasteiger partial charge in [-0.3, -0.25) is 14.9 Å². The van der Waals surface area contributed by atoms with Crippen molar-refractivity contribution >= 4 is 11.6 Å². The van der Waals surface area contributed by atoms with E-state index in [1.807, 2.05) is 0 Å². The van der Waals surface area contributed by atoms with Crippen molar-refractivity contribution in [1.29, 1.82) is 0 Å². The molecule has 0 radical (unpaired) electrons. The van der Waals surface area contributed by atoms with Gasteiger partial charge in [0.2, 0.25) is 6.29 Å². The van der Waals surface area contributed by atoms with Gasteiger partial charge < -0.3 is 35.6 Å². The van der Waals surface area contributed by atoms with Crippen LogP contribution in [0.1, 0.15) is 10.4 Å². The smallest absolute Gasteiger partial charge is 0.270 e. The number of rotatable bonds is 5. The lowest BCUT2D eigenvalue weighted by molar-refractivity contribution is -0.384. The third-order valence-electron chi connectivity index (χ3n) is 3.53. The highest BCUT2D eigenvalue weighted by atomic mass is 16.7. The van der Waals surface area contributed by atoms with Crippen LogP contribution in [-0.4, -0.2) is 68.6 Å². The Morgan fingerprint density at radius 2 is 1.96 bits per heavy atom. The summed E-state index contributed by atoms with van der Waals surface area (Å²) in [5.74, 6) is -1.24. The molecule has 132 valence electrons. The van der Waals surface area contributed by atoms with Crippen molar-refractivity contribution in [3.63, 3.8) is 0 Å². The quantitative estimate of drug-likeness (QED) is 0.294. The second-order valence-electron chi connectivity index (χ2n) is 5.12. The summed E-state index contributed by atoms with van der Waals surface area (Å²) >= 11 is 0. The van der Waals surface area contributed by atoms with E-state index in [0.717, 1.165) is 18.2 Å². The average molecular weight is 344 g/mol. The Hall–Kier alpha value is -2.31. The van der Waals surface area contributed by atoms with Gasteiger partial charge in [0.15, 0.2) is 0 Å². The fourth-order valence-corrected chi connectivity index (χ4v) is 2.22. The first-order valence-corrected chi connectivity index (χ1v) is 6.81. The molecule has 1 fully saturated rings. The Morgan fingerprint density at radius 1 is 1.29 bits per heavy atom. The summed E-state index contributed by atoms with van der Waals surface area (Å²) in [4.78, 5) is 21.5. The van der Waals surface area contributed by atoms with E-state index in [9.17, 15) is 30.2 Å². The summed E-state index contributed by atoms with van der Waals surface area (Å²) in [5, 5.41) is 49.1. The second kappa shape index (κ2) is 7.07. The molecule has 0 aromatic heterocycles. The molecule has 5 atom stereocenters. The molecule has 11 heteroatoms. The number of aliphatic hydroxyl groups excluding tert-OH is 4. The van der Waals surface area contributed by atoms with Crippen molar-refractivity contribution in [3.05, 3.63) is 33.9 Å². The number of nitro benzene ring substituents is 1. The van der Waals surface area contributed by atoms with Crippen LogP contribution in [-0.2, 0) is 4.74 Å². The number of nitrogens with two attached hydrogens (primary N) is 1. The molecule has 1 aromatic carbocycles. The molecule has 5 unspecified atom stereocenters. The summed E-state index contributed by atoms with van der Waals surface area (Å²) in [5.41, 5.74) is 4.42. The normalized spacial score (nSPS) is 29.9. The minimum atomic E-state index is -1.70. The van der Waals surface area contributed by atoms with Crippen molar-refractivity contribution in [2.24, 2.45) is 5.73 Å². The Morgan fingerprint density at radius 3 is 2.50 bits per heavy atom. The molecule has 0 spiro atoms. The molecular weight excluding hydrogens is 328 g/mol. The standard InChI is InChI=1S/C13H16N2O9/c14-12(20)6-3-5(15(21)22)1-2-7(6)23-13-11(19)10(18)9(17)8(4-16)24-13/h1-3,8-11,13,16-19H,4H2,(H2,14,20). The van der Waals surface area contributed by atoms with E-state index in [1.165, 1.54) is 0 Å². The Balaban J connectivity index is 2.29. The van der Waals surface area contributed by atoms with Crippen LogP contribution in [0, 0.1) is 10.1 Å². The fourth-order valence-electron chi connectivity index (χ4n) is 2.22. The summed E-state index contributed by atoms with van der Waals surface area (Å²) in [6, 6.07) is 3.02. The molecule has 0 aliphatic carbocycles. The third kappa shape index (κ3) is 3.44. The number of ether oxygens (including phenoxy) is 2. The molecule has 24 heavy (non-hydrogen) atoms. The van der Waals surface area contributed by atoms with Crippen molar-refractivity contribution < 1.29 is 39.6 Å². The number of hydrogen-bond donors (Lipinski definition) is 5. The lowest BCUT2D eigenvalue weighted by Crippen LogP contribution is -2.60. The van der Waals surface area contributed by atoms with E-state index in [0.29, 0.717) is 0 Å². The number of hydrogen-bond acceptors (Lipinski definition) is 9. The summed E-state index contributed by atoms with van der Waals surface area (Å²) in [7, 11) is 0. The Bertz CT molecular complexity index is 636. The zero-order valence-electron chi connectivity index (χ0n) is 12.2. The zero-order chi connectivity index (χ0) is 18.0. The van der Waals surface area contributed by atoms with Crippen LogP contribution in [0.4, 0.5) is 5.69 Å². The topological polar surface area (TPSA) is 186 Å². The number of nitro groups is 1. The number of benzene rings is 1. The van der Waals surface area contributed by atoms with E-state index >= 15 is 0 Å². The lowest BCUT2D eigenvalue weighted by atomic mass is 9.99. The van der Waals surface area contributed by atoms with Gasteiger partial charge in [0, 0.05) is 12.1 Å². The van der Waals surface area contributed by atoms with Gasteiger partial charge in [-0.25, -0.2) is 0 Å². The average Bonchev–Trinajstić information content (AvgIpc) is 2.55. The number of primary amides is 1. The first-order valence-electron chi connectivity index (χ1n) is 6.81. The molecule has 1 saturated heterocycles. The number of amides is 1. The first kappa shape index (κ1) is 18.0. The zero-order valence-corrected chi connectivity index (χ0v) is 12.2. The maximum Gasteiger partial charge on any atom is 0.270 e. The highest BCUT2D eigenvalue weighted by molar-refractivity contribution is 5.96. The third-order valence-corrected chi connectivity index (χ3v) is 3.53. The van der Waals surface area contributed by atoms with Crippen LogP contribution < -0.4 is 10.5 Å². The van der Waals surface area contributed by atoms with Crippen molar-refractivity contribution in [2.45, 2.75) is 30.7 Å². The molecule has 6 N–H and O–H groups in total. The molecule has 1 heterocycles. The summed E-state index contributed by atoms with van der Waals surface area (Å²) < 4.78 is 10.4. The van der Waals surface area contributed by atoms with Crippen molar-refractivity contribution in [1.82, 2.24) is 0 Å². The molecule has 1 aliphatic rings. The van der Waals surface area contributed by atoms with Crippen LogP contribution in [0.3, 0.4) is 0 Å². The van der Waals surface area contributed by atoms with Gasteiger partial charge in [0.1, 0.15) is 30.2 Å². The van der Waals surface area contributed by atoms with Crippen molar-refractivity contribution in [3.8, 4) is 5.75 Å². The van der Waals surface area contributed by atoms with Gasteiger partial charge in [-0.2, -0.15) is 0 Å². The van der Waals surface area contributed by atoms with Crippen LogP contribution in [0.2, 0.25) is 0 Å². The van der Waals surface area contributed by atoms with Gasteiger partial charge in [-0.1, -0.05) is 0 Å². The van der Waals surface area contributed by atoms with Crippen LogP contribution >= 0.6 is 0 Å². The number of carbonyl (C=O) groups excluding carboxylic acids is 1. The molecule has 0 saturated carbocycles. The fraction of sp³-hybridized carbons (Fsp3) is 0.462. The highest BCUT2D eigenvalue weighted by Gasteiger charge is 2.45. The number of non-ortho nitro benzene ring substituents is 1. The van der Waals surface area contributed by atoms with Gasteiger partial charge in [0.25, 0.3) is 11.6 Å². The number of nitrogens with zero attached hydrogens (tertiary/aromatic N) is 1. The predicted molar refractivity (Wildman–Crippen MR) is 76.0 cm³/mol. The largest absolute Gasteiger partial charge is 0.461 e. The SMILES string of the molecule is NC(=O)c1cc([N+](=O)[O-])ccc1OC1OC(CO)C(O)C(O)C1O. The monoisotopic (exact) mass is 344 g/mol. The van der Waals surface area contributed by atoms with E-state index in [1.54, 1.807) is 0 Å². The van der Waals surface area contributed by atoms with E-state index < -0.39 is 53.8 Å². The molecular formula is C13H16N2O9. The van der Waals surface area contributed by atoms with Gasteiger partial charge in [0.05, 0.1) is 17.1 Å². The van der Waals surface area contributed by atoms with Crippen molar-refractivity contribution in [2.75, 3.05) is 6.61 Å². The Kier molecular flexibility index (Phi) is 5.31. The van der Waals surface area contributed by atoms with Gasteiger partial charge in [-0.05, 0) is 6.07 Å². The summed E-state index contributed by atoms with van der Waals surface area (Å²) in [6.45, 7) is -0.659. The lowest BCUT2D eigenvalue weighted by Gasteiger charge is -2.39. The second-order valence-corrected chi connectivity index (χ2v) is 5.12. The minimum absolute atomic E-state index is 0.225. The number of carbonyl (C=O) groups is 1.